The monoisotopic (exact) mass is 458 g/mol. The Kier molecular flexibility index (Phi) is 6.27. The second-order valence-corrected chi connectivity index (χ2v) is 9.89. The third kappa shape index (κ3) is 4.58. The summed E-state index contributed by atoms with van der Waals surface area (Å²) < 4.78 is 6.02. The highest BCUT2D eigenvalue weighted by molar-refractivity contribution is 5.71. The molecular formula is C23H34N6O4. The van der Waals surface area contributed by atoms with E-state index in [1.807, 2.05) is 11.0 Å². The van der Waals surface area contributed by atoms with E-state index in [9.17, 15) is 9.59 Å². The minimum atomic E-state index is -0.708. The maximum Gasteiger partial charge on any atom is 0.410 e. The topological polar surface area (TPSA) is 125 Å². The van der Waals surface area contributed by atoms with Crippen molar-refractivity contribution in [2.75, 3.05) is 36.8 Å². The van der Waals surface area contributed by atoms with Crippen molar-refractivity contribution in [1.82, 2.24) is 19.8 Å². The molecular weight excluding hydrogens is 424 g/mol. The van der Waals surface area contributed by atoms with Crippen LogP contribution in [-0.4, -0.2) is 87.3 Å². The maximum atomic E-state index is 13.0. The van der Waals surface area contributed by atoms with Crippen molar-refractivity contribution in [3.63, 3.8) is 0 Å². The van der Waals surface area contributed by atoms with Crippen LogP contribution in [0.1, 0.15) is 51.4 Å². The van der Waals surface area contributed by atoms with Gasteiger partial charge in [-0.1, -0.05) is 0 Å². The van der Waals surface area contributed by atoms with Crippen LogP contribution >= 0.6 is 0 Å². The fourth-order valence-corrected chi connectivity index (χ4v) is 6.35. The lowest BCUT2D eigenvalue weighted by atomic mass is 9.84. The Hall–Kier alpha value is -2.62. The lowest BCUT2D eigenvalue weighted by Crippen LogP contribution is -2.56. The van der Waals surface area contributed by atoms with Crippen LogP contribution in [0.4, 0.5) is 16.6 Å². The summed E-state index contributed by atoms with van der Waals surface area (Å²) in [5, 5.41) is 9.09. The highest BCUT2D eigenvalue weighted by Gasteiger charge is 2.51. The first-order valence-electron chi connectivity index (χ1n) is 12.3. The van der Waals surface area contributed by atoms with Gasteiger partial charge in [0.2, 0.25) is 5.95 Å². The zero-order valence-electron chi connectivity index (χ0n) is 19.0. The van der Waals surface area contributed by atoms with Crippen LogP contribution in [0.15, 0.2) is 12.3 Å². The van der Waals surface area contributed by atoms with E-state index in [1.165, 1.54) is 0 Å². The number of carboxylic acids is 1. The molecule has 33 heavy (non-hydrogen) atoms. The van der Waals surface area contributed by atoms with E-state index >= 15 is 0 Å². The van der Waals surface area contributed by atoms with Gasteiger partial charge in [0.1, 0.15) is 11.9 Å². The summed E-state index contributed by atoms with van der Waals surface area (Å²) >= 11 is 0. The Morgan fingerprint density at radius 1 is 1.09 bits per heavy atom. The summed E-state index contributed by atoms with van der Waals surface area (Å²) in [7, 11) is 0. The number of hydrogen-bond acceptors (Lipinski definition) is 8. The van der Waals surface area contributed by atoms with E-state index in [1.54, 1.807) is 6.20 Å². The molecule has 1 saturated carbocycles. The van der Waals surface area contributed by atoms with E-state index in [0.717, 1.165) is 76.9 Å². The molecule has 4 heterocycles. The predicted octanol–water partition coefficient (Wildman–Crippen LogP) is 1.96. The fourth-order valence-electron chi connectivity index (χ4n) is 6.35. The summed E-state index contributed by atoms with van der Waals surface area (Å²) in [6, 6.07) is 2.44. The fraction of sp³-hybridized carbons (Fsp3) is 0.739. The second kappa shape index (κ2) is 9.32. The Labute approximate surface area is 194 Å². The van der Waals surface area contributed by atoms with Crippen LogP contribution in [0.5, 0.6) is 0 Å². The summed E-state index contributed by atoms with van der Waals surface area (Å²) in [4.78, 5) is 39.1. The minimum Gasteiger partial charge on any atom is -0.481 e. The molecule has 10 nitrogen and oxygen atoms in total. The number of fused-ring (bicyclic) bond motifs is 1. The molecule has 5 rings (SSSR count). The van der Waals surface area contributed by atoms with Crippen molar-refractivity contribution < 1.29 is 19.4 Å². The normalized spacial score (nSPS) is 29.7. The molecule has 0 radical (unpaired) electrons. The van der Waals surface area contributed by atoms with Crippen molar-refractivity contribution in [2.45, 2.75) is 75.6 Å². The SMILES string of the molecule is Nc1nccc(N2CCC(N3C(=O)OC4C(N5CCC(CC(=O)O)CC5)CCCC43)CC2)n1. The Morgan fingerprint density at radius 2 is 1.82 bits per heavy atom. The van der Waals surface area contributed by atoms with Crippen molar-refractivity contribution in [2.24, 2.45) is 5.92 Å². The smallest absolute Gasteiger partial charge is 0.410 e. The van der Waals surface area contributed by atoms with Crippen molar-refractivity contribution >= 4 is 23.8 Å². The van der Waals surface area contributed by atoms with Crippen molar-refractivity contribution in [3.8, 4) is 0 Å². The first-order chi connectivity index (χ1) is 16.0. The zero-order chi connectivity index (χ0) is 22.9. The molecule has 1 aromatic heterocycles. The molecule has 10 heteroatoms. The van der Waals surface area contributed by atoms with Crippen LogP contribution in [0.2, 0.25) is 0 Å². The number of aromatic nitrogens is 2. The van der Waals surface area contributed by atoms with Gasteiger partial charge in [0.25, 0.3) is 0 Å². The molecule has 0 spiro atoms. The van der Waals surface area contributed by atoms with Crippen molar-refractivity contribution in [1.29, 1.82) is 0 Å². The molecule has 4 fully saturated rings. The molecule has 180 valence electrons. The number of carbonyl (C=O) groups excluding carboxylic acids is 1. The maximum absolute atomic E-state index is 13.0. The minimum absolute atomic E-state index is 0.0815. The largest absolute Gasteiger partial charge is 0.481 e. The van der Waals surface area contributed by atoms with Gasteiger partial charge in [0, 0.05) is 37.8 Å². The lowest BCUT2D eigenvalue weighted by molar-refractivity contribution is -0.138. The average Bonchev–Trinajstić information content (AvgIpc) is 3.15. The number of carbonyl (C=O) groups is 2. The van der Waals surface area contributed by atoms with Gasteiger partial charge in [-0.2, -0.15) is 4.98 Å². The molecule has 4 aliphatic rings. The van der Waals surface area contributed by atoms with E-state index in [2.05, 4.69) is 19.8 Å². The zero-order valence-corrected chi connectivity index (χ0v) is 19.0. The van der Waals surface area contributed by atoms with Gasteiger partial charge >= 0.3 is 12.1 Å². The number of carboxylic acid groups (broad SMARTS) is 1. The van der Waals surface area contributed by atoms with Crippen LogP contribution in [0.3, 0.4) is 0 Å². The molecule has 3 aliphatic heterocycles. The highest BCUT2D eigenvalue weighted by atomic mass is 16.6. The molecule has 3 N–H and O–H groups in total. The quantitative estimate of drug-likeness (QED) is 0.681. The Balaban J connectivity index is 1.20. The van der Waals surface area contributed by atoms with Crippen LogP contribution in [0.25, 0.3) is 0 Å². The first-order valence-corrected chi connectivity index (χ1v) is 12.3. The summed E-state index contributed by atoms with van der Waals surface area (Å²) in [5.74, 6) is 0.671. The number of amides is 1. The third-order valence-corrected chi connectivity index (χ3v) is 7.99. The number of nitrogens with two attached hydrogens (primary N) is 1. The average molecular weight is 459 g/mol. The predicted molar refractivity (Wildman–Crippen MR) is 122 cm³/mol. The number of nitrogen functional groups attached to an aromatic ring is 1. The van der Waals surface area contributed by atoms with Crippen LogP contribution < -0.4 is 10.6 Å². The summed E-state index contributed by atoms with van der Waals surface area (Å²) in [6.45, 7) is 3.43. The van der Waals surface area contributed by atoms with Gasteiger partial charge in [0.05, 0.1) is 6.04 Å². The molecule has 0 bridgehead atoms. The van der Waals surface area contributed by atoms with E-state index in [0.29, 0.717) is 0 Å². The summed E-state index contributed by atoms with van der Waals surface area (Å²) in [5.41, 5.74) is 5.74. The van der Waals surface area contributed by atoms with Crippen LogP contribution in [-0.2, 0) is 9.53 Å². The number of ether oxygens (including phenoxy) is 1. The number of nitrogens with zero attached hydrogens (tertiary/aromatic N) is 5. The van der Waals surface area contributed by atoms with E-state index < -0.39 is 5.97 Å². The van der Waals surface area contributed by atoms with Gasteiger partial charge in [-0.05, 0) is 70.0 Å². The van der Waals surface area contributed by atoms with Gasteiger partial charge < -0.3 is 20.5 Å². The molecule has 3 atom stereocenters. The highest BCUT2D eigenvalue weighted by Crippen LogP contribution is 2.39. The van der Waals surface area contributed by atoms with E-state index in [4.69, 9.17) is 15.6 Å². The Morgan fingerprint density at radius 3 is 2.52 bits per heavy atom. The molecule has 1 aromatic rings. The number of likely N-dealkylation sites (tertiary alicyclic amines) is 1. The standard InChI is InChI=1S/C23H34N6O4/c24-22-25-9-4-19(26-22)28-12-7-16(8-13-28)29-18-3-1-2-17(21(18)33-23(29)32)27-10-5-15(6-11-27)14-20(30)31/h4,9,15-18,21H,1-3,5-8,10-14H2,(H,30,31)(H2,24,25,26). The van der Waals surface area contributed by atoms with Gasteiger partial charge in [-0.25, -0.2) is 9.78 Å². The molecule has 1 amide bonds. The van der Waals surface area contributed by atoms with Gasteiger partial charge in [-0.3, -0.25) is 14.6 Å². The molecule has 0 aromatic carbocycles. The first kappa shape index (κ1) is 22.2. The second-order valence-electron chi connectivity index (χ2n) is 9.89. The number of piperidine rings is 2. The van der Waals surface area contributed by atoms with E-state index in [-0.39, 0.29) is 48.6 Å². The lowest BCUT2D eigenvalue weighted by Gasteiger charge is -2.45. The van der Waals surface area contributed by atoms with Crippen LogP contribution in [0, 0.1) is 5.92 Å². The molecule has 1 aliphatic carbocycles. The Bertz CT molecular complexity index is 868. The molecule has 3 unspecified atom stereocenters. The number of anilines is 2. The van der Waals surface area contributed by atoms with Gasteiger partial charge in [-0.15, -0.1) is 0 Å². The van der Waals surface area contributed by atoms with Crippen molar-refractivity contribution in [3.05, 3.63) is 12.3 Å². The number of rotatable bonds is 5. The molecule has 3 saturated heterocycles. The summed E-state index contributed by atoms with van der Waals surface area (Å²) in [6.07, 6.45) is 8.39. The third-order valence-electron chi connectivity index (χ3n) is 7.99. The number of aliphatic carboxylic acids is 1. The number of hydrogen-bond donors (Lipinski definition) is 2. The van der Waals surface area contributed by atoms with Gasteiger partial charge in [0.15, 0.2) is 0 Å².